The Hall–Kier alpha value is -3.16. The Kier molecular flexibility index (Phi) is 7.05. The number of nitrogens with one attached hydrogen (secondary N) is 1. The minimum atomic E-state index is -1.09. The average molecular weight is 503 g/mol. The molecule has 34 heavy (non-hydrogen) atoms. The van der Waals surface area contributed by atoms with Crippen molar-refractivity contribution in [1.82, 2.24) is 10.3 Å². The van der Waals surface area contributed by atoms with Crippen LogP contribution >= 0.6 is 23.2 Å². The van der Waals surface area contributed by atoms with Crippen LogP contribution in [0.4, 0.5) is 8.78 Å². The van der Waals surface area contributed by atoms with Crippen LogP contribution in [0.2, 0.25) is 10.0 Å². The highest BCUT2D eigenvalue weighted by atomic mass is 35.5. The fourth-order valence-electron chi connectivity index (χ4n) is 4.06. The van der Waals surface area contributed by atoms with Gasteiger partial charge in [-0.3, -0.25) is 14.4 Å². The van der Waals surface area contributed by atoms with Gasteiger partial charge in [0.05, 0.1) is 0 Å². The van der Waals surface area contributed by atoms with Gasteiger partial charge in [0.25, 0.3) is 5.91 Å². The minimum absolute atomic E-state index is 0.00393. The topological polar surface area (TPSA) is 76.1 Å². The van der Waals surface area contributed by atoms with E-state index >= 15 is 0 Å². The lowest BCUT2D eigenvalue weighted by Gasteiger charge is -2.15. The highest BCUT2D eigenvalue weighted by Crippen LogP contribution is 2.42. The van der Waals surface area contributed by atoms with Gasteiger partial charge in [0, 0.05) is 34.5 Å². The summed E-state index contributed by atoms with van der Waals surface area (Å²) in [5.74, 6) is -4.04. The number of pyridine rings is 1. The molecule has 5 nitrogen and oxygen atoms in total. The number of carbonyl (C=O) groups is 3. The first kappa shape index (κ1) is 24.0. The molecule has 1 N–H and O–H groups in total. The lowest BCUT2D eigenvalue weighted by molar-refractivity contribution is -0.124. The van der Waals surface area contributed by atoms with E-state index in [0.29, 0.717) is 11.1 Å². The largest absolute Gasteiger partial charge is 0.351 e. The van der Waals surface area contributed by atoms with E-state index < -0.39 is 23.7 Å². The van der Waals surface area contributed by atoms with Crippen molar-refractivity contribution in [2.45, 2.75) is 18.8 Å². The van der Waals surface area contributed by atoms with Gasteiger partial charge in [-0.25, -0.2) is 9.37 Å². The number of ketones is 2. The second kappa shape index (κ2) is 9.99. The number of rotatable bonds is 6. The highest BCUT2D eigenvalue weighted by molar-refractivity contribution is 6.38. The second-order valence-corrected chi connectivity index (χ2v) is 8.77. The molecule has 4 rings (SSSR count). The Labute approximate surface area is 204 Å². The van der Waals surface area contributed by atoms with E-state index in [0.717, 1.165) is 6.07 Å². The first-order valence-electron chi connectivity index (χ1n) is 10.5. The van der Waals surface area contributed by atoms with Crippen LogP contribution in [0.1, 0.15) is 34.8 Å². The number of halogens is 4. The van der Waals surface area contributed by atoms with Crippen LogP contribution in [-0.4, -0.2) is 29.0 Å². The lowest BCUT2D eigenvalue weighted by atomic mass is 9.91. The molecule has 1 aromatic heterocycles. The van der Waals surface area contributed by atoms with Crippen LogP contribution in [0.15, 0.2) is 54.6 Å². The van der Waals surface area contributed by atoms with Crippen molar-refractivity contribution < 1.29 is 23.2 Å². The highest BCUT2D eigenvalue weighted by Gasteiger charge is 2.43. The normalized spacial score (nSPS) is 17.8. The number of aromatic nitrogens is 1. The molecule has 0 bridgehead atoms. The molecule has 2 unspecified atom stereocenters. The van der Waals surface area contributed by atoms with Gasteiger partial charge < -0.3 is 5.32 Å². The smallest absolute Gasteiger partial charge is 0.269 e. The third-order valence-corrected chi connectivity index (χ3v) is 6.35. The molecule has 0 radical (unpaired) electrons. The molecule has 0 aliphatic heterocycles. The molecule has 2 atom stereocenters. The van der Waals surface area contributed by atoms with E-state index in [-0.39, 0.29) is 58.1 Å². The standard InChI is InChI=1S/C25H18Cl2F2N2O3/c26-17-10-15(13-4-6-16(28)7-5-13)11-18(27)22(17)23-20(32)12-14(24(23)33)8-9-30-25(34)19-2-1-3-21(29)31-19/h1-7,10-11,14,23H,8-9,12H2,(H,30,34). The zero-order chi connectivity index (χ0) is 24.4. The Morgan fingerprint density at radius 3 is 2.32 bits per heavy atom. The summed E-state index contributed by atoms with van der Waals surface area (Å²) in [5.41, 5.74) is 1.48. The fourth-order valence-corrected chi connectivity index (χ4v) is 4.76. The monoisotopic (exact) mass is 502 g/mol. The minimum Gasteiger partial charge on any atom is -0.351 e. The van der Waals surface area contributed by atoms with Crippen molar-refractivity contribution in [3.63, 3.8) is 0 Å². The Morgan fingerprint density at radius 2 is 1.68 bits per heavy atom. The van der Waals surface area contributed by atoms with E-state index in [1.165, 1.54) is 24.3 Å². The van der Waals surface area contributed by atoms with Gasteiger partial charge >= 0.3 is 0 Å². The molecule has 1 amide bonds. The van der Waals surface area contributed by atoms with Gasteiger partial charge in [0.2, 0.25) is 5.95 Å². The third-order valence-electron chi connectivity index (χ3n) is 5.73. The van der Waals surface area contributed by atoms with Crippen molar-refractivity contribution in [1.29, 1.82) is 0 Å². The van der Waals surface area contributed by atoms with E-state index in [1.54, 1.807) is 24.3 Å². The fraction of sp³-hybridized carbons (Fsp3) is 0.200. The van der Waals surface area contributed by atoms with Gasteiger partial charge in [-0.15, -0.1) is 0 Å². The first-order valence-corrected chi connectivity index (χ1v) is 11.2. The summed E-state index contributed by atoms with van der Waals surface area (Å²) in [6.07, 6.45) is 0.231. The van der Waals surface area contributed by atoms with Crippen molar-refractivity contribution in [3.05, 3.63) is 87.7 Å². The van der Waals surface area contributed by atoms with Crippen LogP contribution in [0.3, 0.4) is 0 Å². The van der Waals surface area contributed by atoms with E-state index in [4.69, 9.17) is 23.2 Å². The van der Waals surface area contributed by atoms with Gasteiger partial charge in [-0.1, -0.05) is 41.4 Å². The number of nitrogens with zero attached hydrogens (tertiary/aromatic N) is 1. The molecule has 174 valence electrons. The Balaban J connectivity index is 1.46. The molecular formula is C25H18Cl2F2N2O3. The number of Topliss-reactive ketones (excluding diaryl/α,β-unsaturated/α-hetero) is 2. The number of amides is 1. The zero-order valence-corrected chi connectivity index (χ0v) is 19.2. The van der Waals surface area contributed by atoms with Crippen LogP contribution < -0.4 is 5.32 Å². The summed E-state index contributed by atoms with van der Waals surface area (Å²) in [7, 11) is 0. The molecule has 0 saturated heterocycles. The average Bonchev–Trinajstić information content (AvgIpc) is 3.07. The quantitative estimate of drug-likeness (QED) is 0.361. The van der Waals surface area contributed by atoms with Gasteiger partial charge in [0.15, 0.2) is 5.78 Å². The summed E-state index contributed by atoms with van der Waals surface area (Å²) in [5, 5.41) is 2.93. The summed E-state index contributed by atoms with van der Waals surface area (Å²) in [6, 6.07) is 12.8. The predicted molar refractivity (Wildman–Crippen MR) is 124 cm³/mol. The molecule has 1 aliphatic rings. The van der Waals surface area contributed by atoms with Crippen molar-refractivity contribution in [2.75, 3.05) is 6.54 Å². The maximum absolute atomic E-state index is 13.2. The lowest BCUT2D eigenvalue weighted by Crippen LogP contribution is -2.28. The predicted octanol–water partition coefficient (Wildman–Crippen LogP) is 5.40. The maximum Gasteiger partial charge on any atom is 0.269 e. The summed E-state index contributed by atoms with van der Waals surface area (Å²) in [4.78, 5) is 41.4. The number of carbonyl (C=O) groups excluding carboxylic acids is 3. The summed E-state index contributed by atoms with van der Waals surface area (Å²) < 4.78 is 26.4. The third kappa shape index (κ3) is 5.00. The second-order valence-electron chi connectivity index (χ2n) is 7.95. The van der Waals surface area contributed by atoms with Gasteiger partial charge in [-0.2, -0.15) is 4.39 Å². The van der Waals surface area contributed by atoms with Crippen LogP contribution in [0.5, 0.6) is 0 Å². The molecule has 0 spiro atoms. The molecule has 9 heteroatoms. The molecule has 2 aromatic carbocycles. The van der Waals surface area contributed by atoms with E-state index in [1.807, 2.05) is 0 Å². The SMILES string of the molecule is O=C(NCCC1CC(=O)C(c2c(Cl)cc(-c3ccc(F)cc3)cc2Cl)C1=O)c1cccc(F)n1. The van der Waals surface area contributed by atoms with Crippen molar-refractivity contribution in [2.24, 2.45) is 5.92 Å². The van der Waals surface area contributed by atoms with Gasteiger partial charge in [-0.05, 0) is 53.9 Å². The van der Waals surface area contributed by atoms with Crippen LogP contribution in [0, 0.1) is 17.7 Å². The van der Waals surface area contributed by atoms with Crippen LogP contribution in [-0.2, 0) is 9.59 Å². The van der Waals surface area contributed by atoms with Crippen LogP contribution in [0.25, 0.3) is 11.1 Å². The number of hydrogen-bond acceptors (Lipinski definition) is 4. The Bertz CT molecular complexity index is 1260. The Morgan fingerprint density at radius 1 is 1.00 bits per heavy atom. The molecule has 1 aliphatic carbocycles. The van der Waals surface area contributed by atoms with Crippen molar-refractivity contribution >= 4 is 40.7 Å². The van der Waals surface area contributed by atoms with Gasteiger partial charge in [0.1, 0.15) is 23.2 Å². The molecule has 1 saturated carbocycles. The molecule has 1 fully saturated rings. The maximum atomic E-state index is 13.2. The molecular weight excluding hydrogens is 485 g/mol. The first-order chi connectivity index (χ1) is 16.2. The molecule has 1 heterocycles. The summed E-state index contributed by atoms with van der Waals surface area (Å²) in [6.45, 7) is 0.110. The van der Waals surface area contributed by atoms with E-state index in [2.05, 4.69) is 10.3 Å². The zero-order valence-electron chi connectivity index (χ0n) is 17.7. The van der Waals surface area contributed by atoms with Crippen molar-refractivity contribution in [3.8, 4) is 11.1 Å². The number of benzene rings is 2. The number of hydrogen-bond donors (Lipinski definition) is 1. The molecule has 3 aromatic rings. The summed E-state index contributed by atoms with van der Waals surface area (Å²) >= 11 is 12.9. The van der Waals surface area contributed by atoms with E-state index in [9.17, 15) is 23.2 Å².